The maximum Gasteiger partial charge on any atom is 0.471 e. The van der Waals surface area contributed by atoms with E-state index in [0.717, 1.165) is 43.4 Å². The van der Waals surface area contributed by atoms with Crippen LogP contribution in [0, 0.1) is 5.92 Å². The summed E-state index contributed by atoms with van der Waals surface area (Å²) < 4.78 is 48.1. The second-order valence-corrected chi connectivity index (χ2v) is 19.5. The predicted octanol–water partition coefficient (Wildman–Crippen LogP) is 10.7. The molecule has 3 aromatic carbocycles. The Balaban J connectivity index is 1.51. The fourth-order valence-corrected chi connectivity index (χ4v) is 10.3. The molecule has 1 aliphatic heterocycles. The van der Waals surface area contributed by atoms with Crippen molar-refractivity contribution in [2.45, 2.75) is 160 Å². The van der Waals surface area contributed by atoms with Crippen molar-refractivity contribution < 1.29 is 41.9 Å². The zero-order valence-corrected chi connectivity index (χ0v) is 40.9. The maximum atomic E-state index is 14.9. The Labute approximate surface area is 400 Å². The van der Waals surface area contributed by atoms with Crippen LogP contribution in [0.1, 0.15) is 153 Å². The van der Waals surface area contributed by atoms with E-state index in [0.29, 0.717) is 45.6 Å². The lowest BCUT2D eigenvalue weighted by Crippen LogP contribution is -2.64. The van der Waals surface area contributed by atoms with Gasteiger partial charge in [-0.3, -0.25) is 24.0 Å². The summed E-state index contributed by atoms with van der Waals surface area (Å²) >= 11 is 7.04. The highest BCUT2D eigenvalue weighted by atomic mass is 35.5. The fraction of sp³-hybridized carbons (Fsp3) is 0.566. The molecule has 1 N–H and O–H groups in total. The normalized spacial score (nSPS) is 17.4. The second kappa shape index (κ2) is 23.9. The molecule has 2 fully saturated rings. The van der Waals surface area contributed by atoms with E-state index in [2.05, 4.69) is 17.4 Å². The molecule has 10 nitrogen and oxygen atoms in total. The van der Waals surface area contributed by atoms with Gasteiger partial charge in [0.2, 0.25) is 17.7 Å². The first-order chi connectivity index (χ1) is 31.8. The van der Waals surface area contributed by atoms with Crippen LogP contribution in [-0.2, 0) is 34.3 Å². The van der Waals surface area contributed by atoms with Crippen LogP contribution < -0.4 is 5.32 Å². The topological polar surface area (TPSA) is 116 Å². The van der Waals surface area contributed by atoms with E-state index in [1.165, 1.54) is 65.0 Å². The third-order valence-electron chi connectivity index (χ3n) is 13.5. The molecule has 4 amide bonds. The zero-order chi connectivity index (χ0) is 48.9. The predicted molar refractivity (Wildman–Crippen MR) is 255 cm³/mol. The summed E-state index contributed by atoms with van der Waals surface area (Å²) in [5, 5.41) is 3.11. The van der Waals surface area contributed by atoms with Crippen LogP contribution in [0.2, 0.25) is 5.02 Å². The van der Waals surface area contributed by atoms with Gasteiger partial charge in [0.1, 0.15) is 17.6 Å². The Morgan fingerprint density at radius 2 is 1.30 bits per heavy atom. The molecular formula is C53H70ClF3N4O6. The minimum atomic E-state index is -5.24. The number of likely N-dealkylation sites (N-methyl/N-ethyl adjacent to an activating group) is 1. The van der Waals surface area contributed by atoms with Crippen molar-refractivity contribution in [2.75, 3.05) is 26.7 Å². The fourth-order valence-electron chi connectivity index (χ4n) is 9.98. The van der Waals surface area contributed by atoms with Gasteiger partial charge < -0.3 is 24.8 Å². The third kappa shape index (κ3) is 13.0. The number of ether oxygens (including phenoxy) is 1. The summed E-state index contributed by atoms with van der Waals surface area (Å²) in [5.74, 6) is -5.45. The van der Waals surface area contributed by atoms with E-state index in [4.69, 9.17) is 16.3 Å². The summed E-state index contributed by atoms with van der Waals surface area (Å²) in [6, 6.07) is 21.9. The van der Waals surface area contributed by atoms with Gasteiger partial charge in [0.25, 0.3) is 0 Å². The number of amides is 4. The van der Waals surface area contributed by atoms with Gasteiger partial charge in [-0.25, -0.2) is 0 Å². The summed E-state index contributed by atoms with van der Waals surface area (Å²) in [6.07, 6.45) is 7.78. The van der Waals surface area contributed by atoms with Crippen molar-refractivity contribution >= 4 is 41.2 Å². The number of alkyl halides is 3. The molecule has 1 saturated carbocycles. The van der Waals surface area contributed by atoms with Crippen LogP contribution in [-0.4, -0.2) is 94.8 Å². The molecule has 5 rings (SSSR count). The van der Waals surface area contributed by atoms with Crippen LogP contribution in [0.4, 0.5) is 13.2 Å². The van der Waals surface area contributed by atoms with Crippen LogP contribution in [0.5, 0.6) is 0 Å². The van der Waals surface area contributed by atoms with Crippen LogP contribution >= 0.6 is 11.6 Å². The van der Waals surface area contributed by atoms with Gasteiger partial charge in [-0.2, -0.15) is 13.2 Å². The second-order valence-electron chi connectivity index (χ2n) is 19.1. The molecule has 1 unspecified atom stereocenters. The monoisotopic (exact) mass is 950 g/mol. The molecule has 0 bridgehead atoms. The zero-order valence-electron chi connectivity index (χ0n) is 40.1. The molecule has 3 atom stereocenters. The molecule has 366 valence electrons. The van der Waals surface area contributed by atoms with E-state index < -0.39 is 71.3 Å². The number of halogens is 4. The smallest absolute Gasteiger partial charge is 0.444 e. The van der Waals surface area contributed by atoms with E-state index in [1.807, 2.05) is 48.5 Å². The number of carbonyl (C=O) groups is 5. The Bertz CT molecular complexity index is 2120. The molecule has 1 heterocycles. The largest absolute Gasteiger partial charge is 0.471 e. The molecule has 67 heavy (non-hydrogen) atoms. The highest BCUT2D eigenvalue weighted by Gasteiger charge is 2.51. The molecule has 1 aliphatic carbocycles. The molecule has 2 aliphatic rings. The lowest BCUT2D eigenvalue weighted by atomic mass is 9.78. The van der Waals surface area contributed by atoms with Crippen LogP contribution in [0.25, 0.3) is 0 Å². The Kier molecular flexibility index (Phi) is 18.9. The average molecular weight is 952 g/mol. The number of nitrogens with zero attached hydrogens (tertiary/aromatic N) is 3. The quantitative estimate of drug-likeness (QED) is 0.113. The SMILES string of the molecule is CCCN(C(=O)C(F)(F)F)C(C)(C)C(=O)N(C)[C@H](C(=O)N[C@@H](CC(=O)OC(c1ccccc1)(c1ccc(C2CCCCCCCCCC2)cc1)c1ccccc1Cl)C(=O)N1CCCC1)C(C)C. The van der Waals surface area contributed by atoms with Gasteiger partial charge in [0, 0.05) is 48.4 Å². The third-order valence-corrected chi connectivity index (χ3v) is 13.8. The first-order valence-corrected chi connectivity index (χ1v) is 24.6. The van der Waals surface area contributed by atoms with Gasteiger partial charge >= 0.3 is 18.1 Å². The Morgan fingerprint density at radius 3 is 1.84 bits per heavy atom. The van der Waals surface area contributed by atoms with Gasteiger partial charge in [-0.15, -0.1) is 0 Å². The first kappa shape index (κ1) is 53.1. The molecule has 0 spiro atoms. The number of rotatable bonds is 16. The highest BCUT2D eigenvalue weighted by molar-refractivity contribution is 6.31. The number of nitrogens with one attached hydrogen (secondary N) is 1. The first-order valence-electron chi connectivity index (χ1n) is 24.2. The number of hydrogen-bond donors (Lipinski definition) is 1. The average Bonchev–Trinajstić information content (AvgIpc) is 3.82. The van der Waals surface area contributed by atoms with Gasteiger partial charge in [0.05, 0.1) is 6.42 Å². The summed E-state index contributed by atoms with van der Waals surface area (Å²) in [5.41, 5.74) is -0.666. The minimum Gasteiger partial charge on any atom is -0.444 e. The molecular weight excluding hydrogens is 881 g/mol. The molecule has 0 aromatic heterocycles. The lowest BCUT2D eigenvalue weighted by molar-refractivity contribution is -0.193. The molecule has 0 radical (unpaired) electrons. The number of hydrogen-bond acceptors (Lipinski definition) is 6. The van der Waals surface area contributed by atoms with Gasteiger partial charge in [-0.05, 0) is 69.4 Å². The summed E-state index contributed by atoms with van der Waals surface area (Å²) in [4.78, 5) is 73.6. The Morgan fingerprint density at radius 1 is 0.761 bits per heavy atom. The summed E-state index contributed by atoms with van der Waals surface area (Å²) in [6.45, 7) is 7.77. The van der Waals surface area contributed by atoms with Crippen molar-refractivity contribution in [1.29, 1.82) is 0 Å². The van der Waals surface area contributed by atoms with E-state index in [9.17, 15) is 37.1 Å². The maximum absolute atomic E-state index is 14.9. The van der Waals surface area contributed by atoms with Gasteiger partial charge in [0.15, 0.2) is 5.60 Å². The van der Waals surface area contributed by atoms with E-state index in [1.54, 1.807) is 43.9 Å². The van der Waals surface area contributed by atoms with Crippen molar-refractivity contribution in [3.8, 4) is 0 Å². The molecule has 3 aromatic rings. The lowest BCUT2D eigenvalue weighted by Gasteiger charge is -2.42. The standard InChI is InChI=1S/C53H70ClF3N4O6/c1-7-33-61(50(66)53(55,56)57)51(4,5)49(65)59(6)46(37(2)3)47(63)58-44(48(64)60-34-21-22-35-60)36-45(62)67-52(40-25-17-14-18-26-40,42-27-19-20-28-43(42)54)41-31-29-39(30-32-41)38-23-15-12-10-8-9-11-13-16-24-38/h14,17-20,25-32,37-38,44,46H,7-13,15-16,21-24,33-36H2,1-6H3,(H,58,63)/t44-,46-,52?/m0/s1. The molecule has 1 saturated heterocycles. The van der Waals surface area contributed by atoms with Crippen LogP contribution in [0.15, 0.2) is 78.9 Å². The summed E-state index contributed by atoms with van der Waals surface area (Å²) in [7, 11) is 1.28. The van der Waals surface area contributed by atoms with Crippen molar-refractivity contribution in [3.05, 3.63) is 106 Å². The minimum absolute atomic E-state index is 0.139. The number of carbonyl (C=O) groups excluding carboxylic acids is 5. The molecule has 14 heteroatoms. The number of esters is 1. The van der Waals surface area contributed by atoms with Crippen molar-refractivity contribution in [1.82, 2.24) is 20.0 Å². The number of benzene rings is 3. The Hall–Kier alpha value is -4.91. The van der Waals surface area contributed by atoms with E-state index >= 15 is 0 Å². The van der Waals surface area contributed by atoms with Crippen molar-refractivity contribution in [3.63, 3.8) is 0 Å². The van der Waals surface area contributed by atoms with Gasteiger partial charge in [-0.1, -0.05) is 157 Å². The van der Waals surface area contributed by atoms with Crippen molar-refractivity contribution in [2.24, 2.45) is 5.92 Å². The highest BCUT2D eigenvalue weighted by Crippen LogP contribution is 2.45. The van der Waals surface area contributed by atoms with Crippen LogP contribution in [0.3, 0.4) is 0 Å². The van der Waals surface area contributed by atoms with E-state index in [-0.39, 0.29) is 13.0 Å². The number of likely N-dealkylation sites (tertiary alicyclic amines) is 1.